The predicted molar refractivity (Wildman–Crippen MR) is 83.4 cm³/mol. The molecule has 2 rings (SSSR count). The SMILES string of the molecule is CCCn1cc(Oc2cc(CN)cc(C(C)(C)C)n2)cn1. The Bertz CT molecular complexity index is 599. The van der Waals surface area contributed by atoms with Crippen molar-refractivity contribution in [1.82, 2.24) is 14.8 Å². The monoisotopic (exact) mass is 288 g/mol. The normalized spacial score (nSPS) is 11.7. The van der Waals surface area contributed by atoms with Crippen molar-refractivity contribution in [2.75, 3.05) is 0 Å². The number of aromatic nitrogens is 3. The van der Waals surface area contributed by atoms with Crippen molar-refractivity contribution in [3.8, 4) is 11.6 Å². The first kappa shape index (κ1) is 15.5. The topological polar surface area (TPSA) is 66.0 Å². The van der Waals surface area contributed by atoms with Crippen molar-refractivity contribution in [2.45, 2.75) is 52.6 Å². The lowest BCUT2D eigenvalue weighted by Crippen LogP contribution is -2.15. The van der Waals surface area contributed by atoms with Crippen LogP contribution in [-0.2, 0) is 18.5 Å². The largest absolute Gasteiger partial charge is 0.436 e. The van der Waals surface area contributed by atoms with Gasteiger partial charge in [0, 0.05) is 24.6 Å². The zero-order chi connectivity index (χ0) is 15.5. The van der Waals surface area contributed by atoms with Gasteiger partial charge in [0.15, 0.2) is 5.75 Å². The molecule has 2 aromatic rings. The first-order valence-corrected chi connectivity index (χ1v) is 7.34. The summed E-state index contributed by atoms with van der Waals surface area (Å²) >= 11 is 0. The molecule has 0 aromatic carbocycles. The maximum Gasteiger partial charge on any atom is 0.219 e. The number of pyridine rings is 1. The summed E-state index contributed by atoms with van der Waals surface area (Å²) in [6, 6.07) is 3.92. The Labute approximate surface area is 126 Å². The van der Waals surface area contributed by atoms with Crippen LogP contribution in [0.15, 0.2) is 24.5 Å². The molecule has 0 fully saturated rings. The van der Waals surface area contributed by atoms with E-state index in [0.29, 0.717) is 18.2 Å². The standard InChI is InChI=1S/C16H24N4O/c1-5-6-20-11-13(10-18-20)21-15-8-12(9-17)7-14(19-15)16(2,3)4/h7-8,10-11H,5-6,9,17H2,1-4H3. The second-order valence-electron chi connectivity index (χ2n) is 6.19. The van der Waals surface area contributed by atoms with E-state index in [9.17, 15) is 0 Å². The lowest BCUT2D eigenvalue weighted by Gasteiger charge is -2.19. The third-order valence-electron chi connectivity index (χ3n) is 3.15. The van der Waals surface area contributed by atoms with E-state index < -0.39 is 0 Å². The lowest BCUT2D eigenvalue weighted by atomic mass is 9.91. The molecule has 5 heteroatoms. The van der Waals surface area contributed by atoms with Gasteiger partial charge < -0.3 is 10.5 Å². The number of hydrogen-bond donors (Lipinski definition) is 1. The lowest BCUT2D eigenvalue weighted by molar-refractivity contribution is 0.449. The molecule has 2 heterocycles. The van der Waals surface area contributed by atoms with Crippen LogP contribution in [0.25, 0.3) is 0 Å². The Morgan fingerprint density at radius 2 is 2.05 bits per heavy atom. The van der Waals surface area contributed by atoms with Crippen molar-refractivity contribution >= 4 is 0 Å². The van der Waals surface area contributed by atoms with Gasteiger partial charge in [-0.1, -0.05) is 27.7 Å². The molecular formula is C16H24N4O. The van der Waals surface area contributed by atoms with Crippen molar-refractivity contribution in [2.24, 2.45) is 5.73 Å². The maximum absolute atomic E-state index is 5.83. The average molecular weight is 288 g/mol. The van der Waals surface area contributed by atoms with Crippen LogP contribution in [0.4, 0.5) is 0 Å². The highest BCUT2D eigenvalue weighted by Crippen LogP contribution is 2.26. The number of aryl methyl sites for hydroxylation is 1. The summed E-state index contributed by atoms with van der Waals surface area (Å²) < 4.78 is 7.70. The van der Waals surface area contributed by atoms with Gasteiger partial charge in [-0.2, -0.15) is 5.10 Å². The fraction of sp³-hybridized carbons (Fsp3) is 0.500. The van der Waals surface area contributed by atoms with Crippen LogP contribution in [0.5, 0.6) is 11.6 Å². The van der Waals surface area contributed by atoms with E-state index in [1.54, 1.807) is 6.20 Å². The van der Waals surface area contributed by atoms with Crippen LogP contribution in [0.1, 0.15) is 45.4 Å². The first-order chi connectivity index (χ1) is 9.92. The number of hydrogen-bond acceptors (Lipinski definition) is 4. The van der Waals surface area contributed by atoms with Gasteiger partial charge in [-0.05, 0) is 18.1 Å². The smallest absolute Gasteiger partial charge is 0.219 e. The van der Waals surface area contributed by atoms with Crippen LogP contribution in [-0.4, -0.2) is 14.8 Å². The number of rotatable bonds is 5. The predicted octanol–water partition coefficient (Wildman–Crippen LogP) is 3.24. The Morgan fingerprint density at radius 3 is 2.67 bits per heavy atom. The molecule has 0 saturated carbocycles. The zero-order valence-corrected chi connectivity index (χ0v) is 13.3. The molecule has 0 unspecified atom stereocenters. The van der Waals surface area contributed by atoms with Gasteiger partial charge in [-0.15, -0.1) is 0 Å². The van der Waals surface area contributed by atoms with Gasteiger partial charge in [-0.25, -0.2) is 4.98 Å². The van der Waals surface area contributed by atoms with E-state index in [0.717, 1.165) is 24.2 Å². The number of ether oxygens (including phenoxy) is 1. The van der Waals surface area contributed by atoms with Gasteiger partial charge in [0.05, 0.1) is 18.1 Å². The van der Waals surface area contributed by atoms with E-state index in [2.05, 4.69) is 37.8 Å². The van der Waals surface area contributed by atoms with Gasteiger partial charge in [-0.3, -0.25) is 4.68 Å². The fourth-order valence-corrected chi connectivity index (χ4v) is 1.98. The number of nitrogens with zero attached hydrogens (tertiary/aromatic N) is 3. The summed E-state index contributed by atoms with van der Waals surface area (Å²) in [7, 11) is 0. The second kappa shape index (κ2) is 6.26. The molecule has 0 aliphatic rings. The summed E-state index contributed by atoms with van der Waals surface area (Å²) in [5, 5.41) is 4.26. The Kier molecular flexibility index (Phi) is 4.63. The fourth-order valence-electron chi connectivity index (χ4n) is 1.98. The minimum atomic E-state index is -0.0460. The molecule has 0 bridgehead atoms. The van der Waals surface area contributed by atoms with Gasteiger partial charge in [0.2, 0.25) is 5.88 Å². The van der Waals surface area contributed by atoms with Gasteiger partial charge in [0.25, 0.3) is 0 Å². The highest BCUT2D eigenvalue weighted by Gasteiger charge is 2.17. The van der Waals surface area contributed by atoms with Crippen LogP contribution >= 0.6 is 0 Å². The van der Waals surface area contributed by atoms with E-state index in [4.69, 9.17) is 10.5 Å². The first-order valence-electron chi connectivity index (χ1n) is 7.34. The van der Waals surface area contributed by atoms with E-state index in [-0.39, 0.29) is 5.41 Å². The Morgan fingerprint density at radius 1 is 1.29 bits per heavy atom. The van der Waals surface area contributed by atoms with E-state index in [1.165, 1.54) is 0 Å². The minimum Gasteiger partial charge on any atom is -0.436 e. The summed E-state index contributed by atoms with van der Waals surface area (Å²) in [6.45, 7) is 9.84. The molecule has 114 valence electrons. The molecule has 0 atom stereocenters. The molecule has 2 N–H and O–H groups in total. The number of nitrogens with two attached hydrogens (primary N) is 1. The molecule has 5 nitrogen and oxygen atoms in total. The molecule has 0 aliphatic heterocycles. The van der Waals surface area contributed by atoms with Crippen LogP contribution in [0.2, 0.25) is 0 Å². The van der Waals surface area contributed by atoms with Gasteiger partial charge >= 0.3 is 0 Å². The third kappa shape index (κ3) is 4.04. The molecule has 0 aliphatic carbocycles. The van der Waals surface area contributed by atoms with Crippen LogP contribution in [0.3, 0.4) is 0 Å². The van der Waals surface area contributed by atoms with Crippen molar-refractivity contribution in [3.63, 3.8) is 0 Å². The van der Waals surface area contributed by atoms with Crippen molar-refractivity contribution in [3.05, 3.63) is 35.8 Å². The highest BCUT2D eigenvalue weighted by atomic mass is 16.5. The summed E-state index contributed by atoms with van der Waals surface area (Å²) in [5.41, 5.74) is 7.72. The summed E-state index contributed by atoms with van der Waals surface area (Å²) in [5.74, 6) is 1.27. The molecule has 0 radical (unpaired) electrons. The Balaban J connectivity index is 2.25. The summed E-state index contributed by atoms with van der Waals surface area (Å²) in [6.07, 6.45) is 4.64. The minimum absolute atomic E-state index is 0.0460. The molecule has 0 spiro atoms. The highest BCUT2D eigenvalue weighted by molar-refractivity contribution is 5.31. The van der Waals surface area contributed by atoms with Gasteiger partial charge in [0.1, 0.15) is 0 Å². The van der Waals surface area contributed by atoms with E-state index >= 15 is 0 Å². The average Bonchev–Trinajstić information content (AvgIpc) is 2.85. The second-order valence-corrected chi connectivity index (χ2v) is 6.19. The molecule has 21 heavy (non-hydrogen) atoms. The summed E-state index contributed by atoms with van der Waals surface area (Å²) in [4.78, 5) is 4.59. The molecule has 0 saturated heterocycles. The van der Waals surface area contributed by atoms with E-state index in [1.807, 2.05) is 23.0 Å². The molecule has 2 aromatic heterocycles. The molecular weight excluding hydrogens is 264 g/mol. The zero-order valence-electron chi connectivity index (χ0n) is 13.3. The maximum atomic E-state index is 5.83. The van der Waals surface area contributed by atoms with Crippen LogP contribution < -0.4 is 10.5 Å². The van der Waals surface area contributed by atoms with Crippen molar-refractivity contribution < 1.29 is 4.74 Å². The van der Waals surface area contributed by atoms with Crippen molar-refractivity contribution in [1.29, 1.82) is 0 Å². The quantitative estimate of drug-likeness (QED) is 0.917. The molecule has 0 amide bonds. The Hall–Kier alpha value is -1.88. The van der Waals surface area contributed by atoms with Crippen LogP contribution in [0, 0.1) is 0 Å². The third-order valence-corrected chi connectivity index (χ3v) is 3.15.